The van der Waals surface area contributed by atoms with E-state index in [1.807, 2.05) is 9.62 Å². The lowest BCUT2D eigenvalue weighted by atomic mass is 10.1. The molecule has 0 aliphatic carbocycles. The summed E-state index contributed by atoms with van der Waals surface area (Å²) in [5.41, 5.74) is -0.825. The molecule has 42 heavy (non-hydrogen) atoms. The van der Waals surface area contributed by atoms with Gasteiger partial charge in [0.1, 0.15) is 5.60 Å². The second kappa shape index (κ2) is 12.2. The quantitative estimate of drug-likeness (QED) is 0.252. The van der Waals surface area contributed by atoms with Gasteiger partial charge < -0.3 is 14.5 Å². The summed E-state index contributed by atoms with van der Waals surface area (Å²) in [6.45, 7) is 6.84. The SMILES string of the molecule is CC(C)(C)OC(=O)N1CCN(c2nc(-c3cccc(NS(=O)(=O)CCC(F)(F)F)c3F)c(-c3ccnc(Cl)n3)s2)CC1. The van der Waals surface area contributed by atoms with Crippen LogP contribution in [0.1, 0.15) is 27.2 Å². The first-order chi connectivity index (χ1) is 19.5. The van der Waals surface area contributed by atoms with E-state index in [0.717, 1.165) is 6.07 Å². The number of carbonyl (C=O) groups excluding carboxylic acids is 1. The normalized spacial score (nSPS) is 14.7. The van der Waals surface area contributed by atoms with E-state index in [2.05, 4.69) is 15.0 Å². The van der Waals surface area contributed by atoms with Crippen LogP contribution in [-0.4, -0.2) is 78.1 Å². The highest BCUT2D eigenvalue weighted by molar-refractivity contribution is 7.92. The van der Waals surface area contributed by atoms with Gasteiger partial charge in [0.2, 0.25) is 15.3 Å². The van der Waals surface area contributed by atoms with Crippen molar-refractivity contribution in [3.05, 3.63) is 41.6 Å². The van der Waals surface area contributed by atoms with E-state index in [1.165, 1.54) is 29.7 Å². The molecule has 1 saturated heterocycles. The van der Waals surface area contributed by atoms with Crippen molar-refractivity contribution in [1.82, 2.24) is 19.9 Å². The number of amides is 1. The van der Waals surface area contributed by atoms with E-state index in [9.17, 15) is 26.4 Å². The third-order valence-corrected chi connectivity index (χ3v) is 8.44. The lowest BCUT2D eigenvalue weighted by Crippen LogP contribution is -2.50. The maximum Gasteiger partial charge on any atom is 0.410 e. The zero-order valence-corrected chi connectivity index (χ0v) is 25.1. The molecular weight excluding hydrogens is 624 g/mol. The molecule has 1 amide bonds. The molecule has 1 aliphatic heterocycles. The van der Waals surface area contributed by atoms with Crippen LogP contribution in [0.15, 0.2) is 30.5 Å². The van der Waals surface area contributed by atoms with Gasteiger partial charge in [-0.05, 0) is 50.6 Å². The highest BCUT2D eigenvalue weighted by Crippen LogP contribution is 2.42. The molecule has 10 nitrogen and oxygen atoms in total. The highest BCUT2D eigenvalue weighted by Gasteiger charge is 2.31. The predicted octanol–water partition coefficient (Wildman–Crippen LogP) is 5.81. The Morgan fingerprint density at radius 2 is 1.81 bits per heavy atom. The molecule has 0 saturated carbocycles. The number of halogens is 5. The van der Waals surface area contributed by atoms with Gasteiger partial charge in [-0.1, -0.05) is 17.4 Å². The van der Waals surface area contributed by atoms with Crippen molar-refractivity contribution in [2.45, 2.75) is 39.0 Å². The van der Waals surface area contributed by atoms with Crippen LogP contribution in [-0.2, 0) is 14.8 Å². The molecule has 2 aromatic heterocycles. The van der Waals surface area contributed by atoms with Crippen LogP contribution in [0.3, 0.4) is 0 Å². The molecule has 4 rings (SSSR count). The van der Waals surface area contributed by atoms with Gasteiger partial charge >= 0.3 is 12.3 Å². The fourth-order valence-corrected chi connectivity index (χ4v) is 6.27. The number of anilines is 2. The largest absolute Gasteiger partial charge is 0.444 e. The van der Waals surface area contributed by atoms with E-state index >= 15 is 4.39 Å². The molecule has 0 bridgehead atoms. The Morgan fingerprint density at radius 3 is 2.43 bits per heavy atom. The zero-order chi connectivity index (χ0) is 30.9. The van der Waals surface area contributed by atoms with Crippen molar-refractivity contribution in [2.75, 3.05) is 41.6 Å². The fourth-order valence-electron chi connectivity index (χ4n) is 3.93. The Hall–Kier alpha value is -3.24. The minimum Gasteiger partial charge on any atom is -0.444 e. The van der Waals surface area contributed by atoms with E-state index in [0.29, 0.717) is 41.9 Å². The van der Waals surface area contributed by atoms with Gasteiger partial charge in [-0.15, -0.1) is 0 Å². The summed E-state index contributed by atoms with van der Waals surface area (Å²) >= 11 is 7.18. The maximum atomic E-state index is 15.7. The number of alkyl halides is 3. The fraction of sp³-hybridized carbons (Fsp3) is 0.440. The van der Waals surface area contributed by atoms with Gasteiger partial charge in [0.25, 0.3) is 0 Å². The van der Waals surface area contributed by atoms with Crippen LogP contribution in [0.4, 0.5) is 33.2 Å². The van der Waals surface area contributed by atoms with E-state index in [4.69, 9.17) is 16.3 Å². The topological polar surface area (TPSA) is 118 Å². The van der Waals surface area contributed by atoms with Crippen molar-refractivity contribution in [3.63, 3.8) is 0 Å². The molecule has 3 heterocycles. The number of rotatable bonds is 7. The van der Waals surface area contributed by atoms with Crippen molar-refractivity contribution < 1.29 is 35.5 Å². The number of thiazole rings is 1. The number of benzene rings is 1. The Morgan fingerprint density at radius 1 is 1.12 bits per heavy atom. The molecule has 1 aromatic carbocycles. The van der Waals surface area contributed by atoms with Crippen LogP contribution >= 0.6 is 22.9 Å². The monoisotopic (exact) mass is 650 g/mol. The summed E-state index contributed by atoms with van der Waals surface area (Å²) in [5, 5.41) is 0.417. The standard InChI is InChI=1S/C25H27ClF4N6O4S2/c1-24(2,3)40-23(37)36-12-10-35(11-13-36)22-33-19(20(41-22)17-7-9-31-21(26)32-17)15-5-4-6-16(18(15)27)34-42(38,39)14-8-25(28,29)30/h4-7,9,34H,8,10-14H2,1-3H3. The number of carbonyl (C=O) groups is 1. The average molecular weight is 651 g/mol. The average Bonchev–Trinajstić information content (AvgIpc) is 3.33. The zero-order valence-electron chi connectivity index (χ0n) is 22.7. The van der Waals surface area contributed by atoms with Gasteiger partial charge in [-0.2, -0.15) is 13.2 Å². The summed E-state index contributed by atoms with van der Waals surface area (Å²) in [5.74, 6) is -2.29. The third kappa shape index (κ3) is 8.19. The molecule has 17 heteroatoms. The second-order valence-electron chi connectivity index (χ2n) is 10.3. The Labute approximate surface area is 248 Å². The van der Waals surface area contributed by atoms with E-state index < -0.39 is 51.6 Å². The maximum absolute atomic E-state index is 15.7. The van der Waals surface area contributed by atoms with Gasteiger partial charge in [-0.3, -0.25) is 4.72 Å². The number of hydrogen-bond donors (Lipinski definition) is 1. The van der Waals surface area contributed by atoms with Gasteiger partial charge in [-0.25, -0.2) is 32.6 Å². The van der Waals surface area contributed by atoms with Crippen LogP contribution in [0.2, 0.25) is 5.28 Å². The van der Waals surface area contributed by atoms with Crippen LogP contribution in [0.25, 0.3) is 21.8 Å². The Bertz CT molecular complexity index is 1550. The first-order valence-corrected chi connectivity index (χ1v) is 15.4. The number of sulfonamides is 1. The molecule has 0 atom stereocenters. The highest BCUT2D eigenvalue weighted by atomic mass is 35.5. The van der Waals surface area contributed by atoms with Gasteiger partial charge in [0.05, 0.1) is 34.1 Å². The van der Waals surface area contributed by atoms with Gasteiger partial charge in [0.15, 0.2) is 10.9 Å². The molecule has 228 valence electrons. The summed E-state index contributed by atoms with van der Waals surface area (Å²) in [4.78, 5) is 29.1. The van der Waals surface area contributed by atoms with Crippen molar-refractivity contribution in [2.24, 2.45) is 0 Å². The molecular formula is C25H27ClF4N6O4S2. The van der Waals surface area contributed by atoms with Crippen molar-refractivity contribution in [1.29, 1.82) is 0 Å². The second-order valence-corrected chi connectivity index (χ2v) is 13.5. The van der Waals surface area contributed by atoms with Crippen LogP contribution < -0.4 is 9.62 Å². The predicted molar refractivity (Wildman–Crippen MR) is 152 cm³/mol. The molecule has 0 unspecified atom stereocenters. The third-order valence-electron chi connectivity index (χ3n) is 5.85. The molecule has 0 spiro atoms. The first kappa shape index (κ1) is 31.7. The number of ether oxygens (including phenoxy) is 1. The minimum absolute atomic E-state index is 0.0639. The molecule has 1 N–H and O–H groups in total. The van der Waals surface area contributed by atoms with E-state index in [1.54, 1.807) is 31.7 Å². The molecule has 1 aliphatic rings. The summed E-state index contributed by atoms with van der Waals surface area (Å²) < 4.78 is 85.4. The summed E-state index contributed by atoms with van der Waals surface area (Å²) in [6, 6.07) is 5.38. The van der Waals surface area contributed by atoms with Crippen LogP contribution in [0.5, 0.6) is 0 Å². The molecule has 1 fully saturated rings. The Kier molecular flexibility index (Phi) is 9.18. The lowest BCUT2D eigenvalue weighted by Gasteiger charge is -2.35. The summed E-state index contributed by atoms with van der Waals surface area (Å²) in [6.07, 6.45) is -5.30. The Balaban J connectivity index is 1.65. The minimum atomic E-state index is -4.70. The first-order valence-electron chi connectivity index (χ1n) is 12.6. The lowest BCUT2D eigenvalue weighted by molar-refractivity contribution is -0.129. The van der Waals surface area contributed by atoms with Gasteiger partial charge in [0, 0.05) is 37.9 Å². The van der Waals surface area contributed by atoms with E-state index in [-0.39, 0.29) is 16.5 Å². The molecule has 3 aromatic rings. The van der Waals surface area contributed by atoms with Crippen molar-refractivity contribution >= 4 is 49.9 Å². The number of aromatic nitrogens is 3. The smallest absolute Gasteiger partial charge is 0.410 e. The number of nitrogens with zero attached hydrogens (tertiary/aromatic N) is 5. The number of piperazine rings is 1. The van der Waals surface area contributed by atoms with Crippen LogP contribution in [0, 0.1) is 5.82 Å². The molecule has 0 radical (unpaired) electrons. The number of hydrogen-bond acceptors (Lipinski definition) is 9. The van der Waals surface area contributed by atoms with Crippen molar-refractivity contribution in [3.8, 4) is 21.8 Å². The summed E-state index contributed by atoms with van der Waals surface area (Å²) in [7, 11) is -4.51. The number of nitrogens with one attached hydrogen (secondary N) is 1.